The molecule has 2 rings (SSSR count). The maximum atomic E-state index is 12.2. The van der Waals surface area contributed by atoms with Crippen molar-refractivity contribution in [2.75, 3.05) is 5.32 Å². The van der Waals surface area contributed by atoms with Crippen LogP contribution in [-0.4, -0.2) is 23.6 Å². The Kier molecular flexibility index (Phi) is 4.89. The zero-order valence-electron chi connectivity index (χ0n) is 13.8. The monoisotopic (exact) mass is 314 g/mol. The lowest BCUT2D eigenvalue weighted by molar-refractivity contribution is -0.117. The number of hydrogen-bond donors (Lipinski definition) is 2. The Balaban J connectivity index is 1.98. The smallest absolute Gasteiger partial charge is 0.408 e. The summed E-state index contributed by atoms with van der Waals surface area (Å²) >= 11 is 0. The van der Waals surface area contributed by atoms with Crippen LogP contribution in [0.3, 0.4) is 0 Å². The van der Waals surface area contributed by atoms with Gasteiger partial charge in [0.2, 0.25) is 5.91 Å². The van der Waals surface area contributed by atoms with Crippen LogP contribution in [0.5, 0.6) is 0 Å². The van der Waals surface area contributed by atoms with Gasteiger partial charge in [-0.2, -0.15) is 0 Å². The standard InChI is InChI=1S/C18H22N2O3/c1-12(19-17(22)23-18(2,3)4)16(21)20-15-10-9-13-7-5-6-8-14(13)11-15/h5-12H,1-4H3,(H,19,22)(H,20,21)/t12-/m0/s1. The summed E-state index contributed by atoms with van der Waals surface area (Å²) in [6, 6.07) is 12.9. The van der Waals surface area contributed by atoms with E-state index in [0.717, 1.165) is 10.8 Å². The van der Waals surface area contributed by atoms with E-state index < -0.39 is 17.7 Å². The molecule has 5 heteroatoms. The number of hydrogen-bond acceptors (Lipinski definition) is 3. The van der Waals surface area contributed by atoms with Gasteiger partial charge in [0.25, 0.3) is 0 Å². The molecule has 0 aliphatic heterocycles. The first-order valence-electron chi connectivity index (χ1n) is 7.54. The molecule has 2 aromatic carbocycles. The number of amides is 2. The van der Waals surface area contributed by atoms with E-state index in [1.54, 1.807) is 27.7 Å². The molecule has 5 nitrogen and oxygen atoms in total. The molecular weight excluding hydrogens is 292 g/mol. The summed E-state index contributed by atoms with van der Waals surface area (Å²) in [6.45, 7) is 6.92. The molecule has 0 spiro atoms. The summed E-state index contributed by atoms with van der Waals surface area (Å²) in [5.41, 5.74) is 0.0880. The predicted octanol–water partition coefficient (Wildman–Crippen LogP) is 3.69. The largest absolute Gasteiger partial charge is 0.444 e. The Bertz CT molecular complexity index is 720. The average Bonchev–Trinajstić information content (AvgIpc) is 2.45. The summed E-state index contributed by atoms with van der Waals surface area (Å²) < 4.78 is 5.14. The van der Waals surface area contributed by atoms with Gasteiger partial charge in [-0.1, -0.05) is 30.3 Å². The maximum absolute atomic E-state index is 12.2. The van der Waals surface area contributed by atoms with Crippen LogP contribution in [0.4, 0.5) is 10.5 Å². The predicted molar refractivity (Wildman–Crippen MR) is 91.4 cm³/mol. The van der Waals surface area contributed by atoms with Gasteiger partial charge in [0.05, 0.1) is 0 Å². The lowest BCUT2D eigenvalue weighted by atomic mass is 10.1. The minimum absolute atomic E-state index is 0.300. The van der Waals surface area contributed by atoms with E-state index in [0.29, 0.717) is 5.69 Å². The lowest BCUT2D eigenvalue weighted by Gasteiger charge is -2.21. The van der Waals surface area contributed by atoms with Gasteiger partial charge in [-0.3, -0.25) is 4.79 Å². The van der Waals surface area contributed by atoms with Gasteiger partial charge in [-0.25, -0.2) is 4.79 Å². The van der Waals surface area contributed by atoms with Crippen LogP contribution in [0, 0.1) is 0 Å². The highest BCUT2D eigenvalue weighted by Gasteiger charge is 2.21. The number of nitrogens with one attached hydrogen (secondary N) is 2. The molecule has 2 amide bonds. The number of rotatable bonds is 3. The number of alkyl carbamates (subject to hydrolysis) is 1. The maximum Gasteiger partial charge on any atom is 0.408 e. The Labute approximate surface area is 136 Å². The quantitative estimate of drug-likeness (QED) is 0.908. The fraction of sp³-hybridized carbons (Fsp3) is 0.333. The summed E-state index contributed by atoms with van der Waals surface area (Å²) in [4.78, 5) is 23.9. The van der Waals surface area contributed by atoms with Gasteiger partial charge in [0.15, 0.2) is 0 Å². The number of anilines is 1. The highest BCUT2D eigenvalue weighted by molar-refractivity contribution is 5.98. The Morgan fingerprint density at radius 1 is 1.04 bits per heavy atom. The molecule has 0 aliphatic carbocycles. The van der Waals surface area contributed by atoms with Crippen LogP contribution in [0.15, 0.2) is 42.5 Å². The van der Waals surface area contributed by atoms with Crippen molar-refractivity contribution in [3.63, 3.8) is 0 Å². The van der Waals surface area contributed by atoms with E-state index in [1.807, 2.05) is 42.5 Å². The third kappa shape index (κ3) is 4.98. The first-order valence-corrected chi connectivity index (χ1v) is 7.54. The lowest BCUT2D eigenvalue weighted by Crippen LogP contribution is -2.43. The molecule has 1 atom stereocenters. The first kappa shape index (κ1) is 16.8. The number of benzene rings is 2. The average molecular weight is 314 g/mol. The normalized spacial score (nSPS) is 12.5. The Hall–Kier alpha value is -2.56. The van der Waals surface area contributed by atoms with Crippen molar-refractivity contribution < 1.29 is 14.3 Å². The second-order valence-corrected chi connectivity index (χ2v) is 6.42. The molecule has 0 heterocycles. The number of ether oxygens (including phenoxy) is 1. The summed E-state index contributed by atoms with van der Waals surface area (Å²) in [5.74, 6) is -0.300. The van der Waals surface area contributed by atoms with E-state index >= 15 is 0 Å². The Morgan fingerprint density at radius 2 is 1.70 bits per heavy atom. The second kappa shape index (κ2) is 6.69. The highest BCUT2D eigenvalue weighted by Crippen LogP contribution is 2.19. The first-order chi connectivity index (χ1) is 10.7. The molecule has 0 radical (unpaired) electrons. The number of carbonyl (C=O) groups excluding carboxylic acids is 2. The zero-order chi connectivity index (χ0) is 17.0. The summed E-state index contributed by atoms with van der Waals surface area (Å²) in [7, 11) is 0. The minimum Gasteiger partial charge on any atom is -0.444 e. The molecule has 0 fully saturated rings. The summed E-state index contributed by atoms with van der Waals surface area (Å²) in [6.07, 6.45) is -0.612. The molecular formula is C18H22N2O3. The van der Waals surface area contributed by atoms with Crippen LogP contribution < -0.4 is 10.6 Å². The Morgan fingerprint density at radius 3 is 2.35 bits per heavy atom. The van der Waals surface area contributed by atoms with Crippen LogP contribution >= 0.6 is 0 Å². The van der Waals surface area contributed by atoms with Crippen molar-refractivity contribution in [2.45, 2.75) is 39.3 Å². The SMILES string of the molecule is C[C@H](NC(=O)OC(C)(C)C)C(=O)Nc1ccc2ccccc2c1. The summed E-state index contributed by atoms with van der Waals surface area (Å²) in [5, 5.41) is 7.46. The van der Waals surface area contributed by atoms with Gasteiger partial charge in [-0.05, 0) is 50.6 Å². The molecule has 0 saturated carbocycles. The van der Waals surface area contributed by atoms with Crippen molar-refractivity contribution in [1.29, 1.82) is 0 Å². The van der Waals surface area contributed by atoms with E-state index in [-0.39, 0.29) is 5.91 Å². The van der Waals surface area contributed by atoms with Crippen LogP contribution in [0.2, 0.25) is 0 Å². The van der Waals surface area contributed by atoms with Gasteiger partial charge in [-0.15, -0.1) is 0 Å². The molecule has 0 aliphatic rings. The molecule has 122 valence electrons. The highest BCUT2D eigenvalue weighted by atomic mass is 16.6. The topological polar surface area (TPSA) is 67.4 Å². The third-order valence-corrected chi connectivity index (χ3v) is 3.14. The van der Waals surface area contributed by atoms with Crippen molar-refractivity contribution in [2.24, 2.45) is 0 Å². The van der Waals surface area contributed by atoms with Gasteiger partial charge < -0.3 is 15.4 Å². The van der Waals surface area contributed by atoms with E-state index in [1.165, 1.54) is 0 Å². The minimum atomic E-state index is -0.698. The fourth-order valence-corrected chi connectivity index (χ4v) is 2.07. The van der Waals surface area contributed by atoms with Gasteiger partial charge >= 0.3 is 6.09 Å². The molecule has 2 aromatic rings. The van der Waals surface area contributed by atoms with Crippen molar-refractivity contribution in [3.05, 3.63) is 42.5 Å². The van der Waals surface area contributed by atoms with Crippen molar-refractivity contribution in [3.8, 4) is 0 Å². The zero-order valence-corrected chi connectivity index (χ0v) is 13.8. The number of carbonyl (C=O) groups is 2. The molecule has 23 heavy (non-hydrogen) atoms. The molecule has 0 aromatic heterocycles. The molecule has 0 unspecified atom stereocenters. The van der Waals surface area contributed by atoms with Crippen LogP contribution in [-0.2, 0) is 9.53 Å². The van der Waals surface area contributed by atoms with E-state index in [2.05, 4.69) is 10.6 Å². The third-order valence-electron chi connectivity index (χ3n) is 3.14. The number of fused-ring (bicyclic) bond motifs is 1. The second-order valence-electron chi connectivity index (χ2n) is 6.42. The molecule has 2 N–H and O–H groups in total. The van der Waals surface area contributed by atoms with Gasteiger partial charge in [0.1, 0.15) is 11.6 Å². The van der Waals surface area contributed by atoms with Crippen molar-refractivity contribution >= 4 is 28.5 Å². The molecule has 0 saturated heterocycles. The van der Waals surface area contributed by atoms with Crippen LogP contribution in [0.1, 0.15) is 27.7 Å². The van der Waals surface area contributed by atoms with E-state index in [9.17, 15) is 9.59 Å². The van der Waals surface area contributed by atoms with E-state index in [4.69, 9.17) is 4.74 Å². The fourth-order valence-electron chi connectivity index (χ4n) is 2.07. The van der Waals surface area contributed by atoms with Gasteiger partial charge in [0, 0.05) is 5.69 Å². The molecule has 0 bridgehead atoms. The van der Waals surface area contributed by atoms with Crippen molar-refractivity contribution in [1.82, 2.24) is 5.32 Å². The van der Waals surface area contributed by atoms with Crippen LogP contribution in [0.25, 0.3) is 10.8 Å².